The number of hydrogen-bond donors (Lipinski definition) is 0. The summed E-state index contributed by atoms with van der Waals surface area (Å²) in [5.74, 6) is 1.84. The molecule has 47 heavy (non-hydrogen) atoms. The van der Waals surface area contributed by atoms with Gasteiger partial charge in [-0.05, 0) is 51.2 Å². The molecule has 0 aliphatic carbocycles. The zero-order chi connectivity index (χ0) is 31.2. The fourth-order valence-corrected chi connectivity index (χ4v) is 6.43. The molecule has 4 heteroatoms. The summed E-state index contributed by atoms with van der Waals surface area (Å²) >= 11 is 0. The van der Waals surface area contributed by atoms with Crippen molar-refractivity contribution in [3.8, 4) is 56.4 Å². The van der Waals surface area contributed by atoms with Gasteiger partial charge in [-0.1, -0.05) is 146 Å². The first kappa shape index (κ1) is 27.0. The number of benzene rings is 7. The summed E-state index contributed by atoms with van der Waals surface area (Å²) in [7, 11) is 0. The predicted octanol–water partition coefficient (Wildman–Crippen LogP) is 11.3. The van der Waals surface area contributed by atoms with Crippen LogP contribution in [0.25, 0.3) is 89.1 Å². The molecule has 0 unspecified atom stereocenters. The number of furan rings is 1. The number of rotatable bonds is 5. The summed E-state index contributed by atoms with van der Waals surface area (Å²) in [6.07, 6.45) is 0. The van der Waals surface area contributed by atoms with Gasteiger partial charge in [0.15, 0.2) is 17.5 Å². The summed E-state index contributed by atoms with van der Waals surface area (Å²) in [6, 6.07) is 56.3. The standard InChI is InChI=1S/C43H27N3O/c1-4-12-28(13-5-1)29-20-22-31(23-21-29)36-26-34(27-38-40(36)39-35-19-11-10-14-30(35)24-25-37(39)47-38)43-45-41(32-15-6-2-7-16-32)44-42(46-43)33-17-8-3-9-18-33/h1-27H. The Morgan fingerprint density at radius 3 is 1.49 bits per heavy atom. The molecule has 0 saturated carbocycles. The SMILES string of the molecule is c1ccc(-c2ccc(-c3cc(-c4nc(-c5ccccc5)nc(-c5ccccc5)n4)cc4oc5ccc6ccccc6c5c34)cc2)cc1. The molecule has 0 bridgehead atoms. The molecular formula is C43H27N3O. The molecule has 0 aliphatic rings. The highest BCUT2D eigenvalue weighted by atomic mass is 16.3. The lowest BCUT2D eigenvalue weighted by Crippen LogP contribution is -2.00. The lowest BCUT2D eigenvalue weighted by molar-refractivity contribution is 0.669. The van der Waals surface area contributed by atoms with Gasteiger partial charge in [0.05, 0.1) is 0 Å². The quantitative estimate of drug-likeness (QED) is 0.197. The highest BCUT2D eigenvalue weighted by Crippen LogP contribution is 2.43. The molecule has 0 amide bonds. The van der Waals surface area contributed by atoms with Crippen LogP contribution in [0.15, 0.2) is 168 Å². The van der Waals surface area contributed by atoms with E-state index in [0.29, 0.717) is 17.5 Å². The van der Waals surface area contributed by atoms with Crippen LogP contribution in [0.1, 0.15) is 0 Å². The Kier molecular flexibility index (Phi) is 6.43. The first-order valence-electron chi connectivity index (χ1n) is 15.7. The maximum Gasteiger partial charge on any atom is 0.164 e. The van der Waals surface area contributed by atoms with Gasteiger partial charge < -0.3 is 4.42 Å². The molecule has 0 aliphatic heterocycles. The van der Waals surface area contributed by atoms with Crippen molar-refractivity contribution in [2.45, 2.75) is 0 Å². The first-order valence-corrected chi connectivity index (χ1v) is 15.7. The largest absolute Gasteiger partial charge is 0.456 e. The van der Waals surface area contributed by atoms with Crippen LogP contribution < -0.4 is 0 Å². The molecule has 0 atom stereocenters. The molecule has 9 rings (SSSR count). The van der Waals surface area contributed by atoms with Crippen LogP contribution in [0.2, 0.25) is 0 Å². The molecule has 220 valence electrons. The van der Waals surface area contributed by atoms with E-state index in [0.717, 1.165) is 55.1 Å². The Hall–Kier alpha value is -6.39. The molecular weight excluding hydrogens is 574 g/mol. The highest BCUT2D eigenvalue weighted by Gasteiger charge is 2.20. The zero-order valence-corrected chi connectivity index (χ0v) is 25.3. The van der Waals surface area contributed by atoms with E-state index in [1.54, 1.807) is 0 Å². The fraction of sp³-hybridized carbons (Fsp3) is 0. The molecule has 0 N–H and O–H groups in total. The lowest BCUT2D eigenvalue weighted by atomic mass is 9.93. The summed E-state index contributed by atoms with van der Waals surface area (Å²) < 4.78 is 6.64. The van der Waals surface area contributed by atoms with Crippen molar-refractivity contribution < 1.29 is 4.42 Å². The van der Waals surface area contributed by atoms with Gasteiger partial charge in [-0.25, -0.2) is 15.0 Å². The molecule has 0 fully saturated rings. The molecule has 7 aromatic carbocycles. The topological polar surface area (TPSA) is 51.8 Å². The van der Waals surface area contributed by atoms with E-state index in [2.05, 4.69) is 97.1 Å². The van der Waals surface area contributed by atoms with E-state index in [4.69, 9.17) is 19.4 Å². The van der Waals surface area contributed by atoms with Crippen LogP contribution >= 0.6 is 0 Å². The van der Waals surface area contributed by atoms with Gasteiger partial charge in [0.25, 0.3) is 0 Å². The van der Waals surface area contributed by atoms with Gasteiger partial charge in [0.1, 0.15) is 11.2 Å². The van der Waals surface area contributed by atoms with E-state index < -0.39 is 0 Å². The van der Waals surface area contributed by atoms with Gasteiger partial charge in [-0.15, -0.1) is 0 Å². The molecule has 0 saturated heterocycles. The second kappa shape index (κ2) is 11.2. The monoisotopic (exact) mass is 601 g/mol. The van der Waals surface area contributed by atoms with Crippen molar-refractivity contribution in [3.63, 3.8) is 0 Å². The van der Waals surface area contributed by atoms with Crippen LogP contribution in [-0.2, 0) is 0 Å². The van der Waals surface area contributed by atoms with Crippen molar-refractivity contribution in [2.24, 2.45) is 0 Å². The van der Waals surface area contributed by atoms with Crippen LogP contribution in [0.5, 0.6) is 0 Å². The lowest BCUT2D eigenvalue weighted by Gasteiger charge is -2.11. The predicted molar refractivity (Wildman–Crippen MR) is 192 cm³/mol. The Morgan fingerprint density at radius 1 is 0.340 bits per heavy atom. The minimum absolute atomic E-state index is 0.590. The van der Waals surface area contributed by atoms with Crippen LogP contribution in [0, 0.1) is 0 Å². The van der Waals surface area contributed by atoms with Crippen molar-refractivity contribution in [2.75, 3.05) is 0 Å². The van der Waals surface area contributed by atoms with Gasteiger partial charge in [0.2, 0.25) is 0 Å². The molecule has 4 nitrogen and oxygen atoms in total. The molecule has 9 aromatic rings. The summed E-state index contributed by atoms with van der Waals surface area (Å²) in [4.78, 5) is 15.0. The first-order chi connectivity index (χ1) is 23.3. The molecule has 0 radical (unpaired) electrons. The van der Waals surface area contributed by atoms with Gasteiger partial charge >= 0.3 is 0 Å². The average molecular weight is 602 g/mol. The summed E-state index contributed by atoms with van der Waals surface area (Å²) in [5, 5.41) is 4.53. The van der Waals surface area contributed by atoms with Gasteiger partial charge in [-0.3, -0.25) is 0 Å². The minimum Gasteiger partial charge on any atom is -0.456 e. The Morgan fingerprint density at radius 2 is 0.851 bits per heavy atom. The van der Waals surface area contributed by atoms with Crippen molar-refractivity contribution >= 4 is 32.7 Å². The van der Waals surface area contributed by atoms with Crippen LogP contribution in [0.4, 0.5) is 0 Å². The van der Waals surface area contributed by atoms with E-state index in [9.17, 15) is 0 Å². The smallest absolute Gasteiger partial charge is 0.164 e. The van der Waals surface area contributed by atoms with Crippen LogP contribution in [-0.4, -0.2) is 15.0 Å². The second-order valence-electron chi connectivity index (χ2n) is 11.6. The van der Waals surface area contributed by atoms with Crippen molar-refractivity contribution in [3.05, 3.63) is 164 Å². The van der Waals surface area contributed by atoms with Gasteiger partial charge in [-0.2, -0.15) is 0 Å². The third-order valence-electron chi connectivity index (χ3n) is 8.72. The fourth-order valence-electron chi connectivity index (χ4n) is 6.43. The number of hydrogen-bond acceptors (Lipinski definition) is 4. The Labute approximate surface area is 271 Å². The Balaban J connectivity index is 1.31. The highest BCUT2D eigenvalue weighted by molar-refractivity contribution is 6.23. The third kappa shape index (κ3) is 4.84. The molecule has 2 heterocycles. The second-order valence-corrected chi connectivity index (χ2v) is 11.6. The zero-order valence-electron chi connectivity index (χ0n) is 25.3. The van der Waals surface area contributed by atoms with E-state index >= 15 is 0 Å². The van der Waals surface area contributed by atoms with E-state index in [-0.39, 0.29) is 0 Å². The van der Waals surface area contributed by atoms with Crippen molar-refractivity contribution in [1.29, 1.82) is 0 Å². The molecule has 0 spiro atoms. The summed E-state index contributed by atoms with van der Waals surface area (Å²) in [5.41, 5.74) is 8.87. The van der Waals surface area contributed by atoms with E-state index in [1.165, 1.54) is 16.5 Å². The number of fused-ring (bicyclic) bond motifs is 5. The normalized spacial score (nSPS) is 11.4. The summed E-state index contributed by atoms with van der Waals surface area (Å²) in [6.45, 7) is 0. The maximum absolute atomic E-state index is 6.64. The Bertz CT molecular complexity index is 2480. The third-order valence-corrected chi connectivity index (χ3v) is 8.72. The van der Waals surface area contributed by atoms with Crippen molar-refractivity contribution in [1.82, 2.24) is 15.0 Å². The van der Waals surface area contributed by atoms with E-state index in [1.807, 2.05) is 66.7 Å². The number of nitrogens with zero attached hydrogens (tertiary/aromatic N) is 3. The number of aromatic nitrogens is 3. The average Bonchev–Trinajstić information content (AvgIpc) is 3.55. The minimum atomic E-state index is 0.590. The maximum atomic E-state index is 6.64. The van der Waals surface area contributed by atoms with Crippen LogP contribution in [0.3, 0.4) is 0 Å². The molecule has 2 aromatic heterocycles. The van der Waals surface area contributed by atoms with Gasteiger partial charge in [0, 0.05) is 27.5 Å².